The number of carbonyl (C=O) groups is 2. The normalized spacial score (nSPS) is 14.8. The fourth-order valence-corrected chi connectivity index (χ4v) is 2.70. The number of amides is 1. The number of pyridine rings is 1. The van der Waals surface area contributed by atoms with Crippen molar-refractivity contribution in [3.05, 3.63) is 23.9 Å². The number of nitrogens with zero attached hydrogens (tertiary/aromatic N) is 3. The summed E-state index contributed by atoms with van der Waals surface area (Å²) in [6.07, 6.45) is 1.44. The second-order valence-corrected chi connectivity index (χ2v) is 7.24. The molecule has 2 rings (SSSR count). The summed E-state index contributed by atoms with van der Waals surface area (Å²) in [5.41, 5.74) is 0.394. The van der Waals surface area contributed by atoms with E-state index in [1.165, 1.54) is 0 Å². The van der Waals surface area contributed by atoms with Crippen LogP contribution in [0.2, 0.25) is 0 Å². The molecule has 1 aromatic heterocycles. The Kier molecular flexibility index (Phi) is 7.41. The van der Waals surface area contributed by atoms with Gasteiger partial charge in [0.1, 0.15) is 18.0 Å². The maximum Gasteiger partial charge on any atom is 0.410 e. The van der Waals surface area contributed by atoms with Crippen molar-refractivity contribution in [3.63, 3.8) is 0 Å². The molecule has 0 aromatic carbocycles. The second-order valence-electron chi connectivity index (χ2n) is 7.24. The molecule has 150 valence electrons. The lowest BCUT2D eigenvalue weighted by Crippen LogP contribution is -2.50. The smallest absolute Gasteiger partial charge is 0.410 e. The first-order valence-electron chi connectivity index (χ1n) is 9.20. The van der Waals surface area contributed by atoms with E-state index in [2.05, 4.69) is 9.88 Å². The third-order valence-corrected chi connectivity index (χ3v) is 3.88. The molecular formula is C19H29N3O5. The molecule has 8 heteroatoms. The molecule has 1 fully saturated rings. The molecule has 1 saturated heterocycles. The number of hydrogen-bond donors (Lipinski definition) is 0. The molecule has 0 aliphatic carbocycles. The number of esters is 1. The van der Waals surface area contributed by atoms with Crippen LogP contribution in [0.4, 0.5) is 10.6 Å². The fourth-order valence-electron chi connectivity index (χ4n) is 2.70. The maximum atomic E-state index is 12.2. The van der Waals surface area contributed by atoms with Gasteiger partial charge in [0.15, 0.2) is 0 Å². The number of anilines is 1. The van der Waals surface area contributed by atoms with E-state index in [1.807, 2.05) is 32.9 Å². The minimum Gasteiger partial charge on any atom is -0.464 e. The minimum atomic E-state index is -0.501. The van der Waals surface area contributed by atoms with Crippen molar-refractivity contribution in [3.8, 4) is 0 Å². The summed E-state index contributed by atoms with van der Waals surface area (Å²) in [4.78, 5) is 31.9. The molecule has 27 heavy (non-hydrogen) atoms. The predicted molar refractivity (Wildman–Crippen MR) is 101 cm³/mol. The van der Waals surface area contributed by atoms with E-state index in [9.17, 15) is 9.59 Å². The van der Waals surface area contributed by atoms with Gasteiger partial charge in [0, 0.05) is 37.9 Å². The van der Waals surface area contributed by atoms with Gasteiger partial charge in [0.05, 0.1) is 13.2 Å². The molecule has 1 aromatic rings. The predicted octanol–water partition coefficient (Wildman–Crippen LogP) is 2.22. The van der Waals surface area contributed by atoms with Gasteiger partial charge < -0.3 is 24.0 Å². The molecule has 0 radical (unpaired) electrons. The average Bonchev–Trinajstić information content (AvgIpc) is 2.61. The Morgan fingerprint density at radius 3 is 2.52 bits per heavy atom. The summed E-state index contributed by atoms with van der Waals surface area (Å²) >= 11 is 0. The number of piperazine rings is 1. The van der Waals surface area contributed by atoms with Crippen LogP contribution in [-0.2, 0) is 25.6 Å². The monoisotopic (exact) mass is 379 g/mol. The summed E-state index contributed by atoms with van der Waals surface area (Å²) < 4.78 is 15.7. The van der Waals surface area contributed by atoms with Crippen molar-refractivity contribution in [2.24, 2.45) is 0 Å². The van der Waals surface area contributed by atoms with E-state index in [0.717, 1.165) is 11.4 Å². The van der Waals surface area contributed by atoms with Gasteiger partial charge in [0.25, 0.3) is 0 Å². The van der Waals surface area contributed by atoms with Crippen LogP contribution < -0.4 is 4.90 Å². The van der Waals surface area contributed by atoms with Crippen LogP contribution in [0.25, 0.3) is 0 Å². The third kappa shape index (κ3) is 6.71. The molecule has 0 atom stereocenters. The van der Waals surface area contributed by atoms with E-state index >= 15 is 0 Å². The maximum absolute atomic E-state index is 12.2. The Hall–Kier alpha value is -2.35. The molecule has 1 aliphatic heterocycles. The topological polar surface area (TPSA) is 81.2 Å². The highest BCUT2D eigenvalue weighted by Crippen LogP contribution is 2.20. The van der Waals surface area contributed by atoms with Crippen LogP contribution in [-0.4, -0.2) is 66.9 Å². The number of carbonyl (C=O) groups excluding carboxylic acids is 2. The highest BCUT2D eigenvalue weighted by atomic mass is 16.6. The third-order valence-electron chi connectivity index (χ3n) is 3.88. The van der Waals surface area contributed by atoms with Gasteiger partial charge in [-0.3, -0.25) is 0 Å². The molecule has 0 spiro atoms. The standard InChI is InChI=1S/C19H29N3O5/c1-5-26-16(23)14-25-13-15-7-6-8-20-17(15)21-9-11-22(12-10-21)18(24)27-19(2,3)4/h6-8H,5,9-14H2,1-4H3. The lowest BCUT2D eigenvalue weighted by atomic mass is 10.2. The minimum absolute atomic E-state index is 0.0887. The summed E-state index contributed by atoms with van der Waals surface area (Å²) in [7, 11) is 0. The summed E-state index contributed by atoms with van der Waals surface area (Å²) in [6.45, 7) is 10.3. The van der Waals surface area contributed by atoms with Crippen molar-refractivity contribution in [1.82, 2.24) is 9.88 Å². The number of hydrogen-bond acceptors (Lipinski definition) is 7. The Labute approximate surface area is 160 Å². The van der Waals surface area contributed by atoms with E-state index in [-0.39, 0.29) is 25.3 Å². The molecule has 0 N–H and O–H groups in total. The van der Waals surface area contributed by atoms with Gasteiger partial charge in [-0.15, -0.1) is 0 Å². The van der Waals surface area contributed by atoms with Crippen LogP contribution >= 0.6 is 0 Å². The van der Waals surface area contributed by atoms with Gasteiger partial charge in [0.2, 0.25) is 0 Å². The van der Waals surface area contributed by atoms with Crippen LogP contribution in [0, 0.1) is 0 Å². The van der Waals surface area contributed by atoms with Crippen molar-refractivity contribution in [2.45, 2.75) is 39.9 Å². The first-order chi connectivity index (χ1) is 12.8. The highest BCUT2D eigenvalue weighted by Gasteiger charge is 2.27. The second kappa shape index (κ2) is 9.55. The largest absolute Gasteiger partial charge is 0.464 e. The molecule has 0 bridgehead atoms. The molecule has 1 aliphatic rings. The van der Waals surface area contributed by atoms with Crippen LogP contribution in [0.15, 0.2) is 18.3 Å². The van der Waals surface area contributed by atoms with Crippen molar-refractivity contribution < 1.29 is 23.8 Å². The van der Waals surface area contributed by atoms with E-state index in [1.54, 1.807) is 18.0 Å². The van der Waals surface area contributed by atoms with Gasteiger partial charge in [-0.1, -0.05) is 6.07 Å². The zero-order chi connectivity index (χ0) is 19.9. The first kappa shape index (κ1) is 21.0. The Balaban J connectivity index is 1.90. The van der Waals surface area contributed by atoms with Crippen LogP contribution in [0.1, 0.15) is 33.3 Å². The molecule has 0 unspecified atom stereocenters. The quantitative estimate of drug-likeness (QED) is 0.701. The zero-order valence-corrected chi connectivity index (χ0v) is 16.6. The van der Waals surface area contributed by atoms with Gasteiger partial charge in [-0.25, -0.2) is 14.6 Å². The highest BCUT2D eigenvalue weighted by molar-refractivity contribution is 5.70. The first-order valence-corrected chi connectivity index (χ1v) is 9.20. The van der Waals surface area contributed by atoms with Gasteiger partial charge in [-0.05, 0) is 33.8 Å². The van der Waals surface area contributed by atoms with E-state index < -0.39 is 5.60 Å². The summed E-state index contributed by atoms with van der Waals surface area (Å²) in [6, 6.07) is 3.76. The fraction of sp³-hybridized carbons (Fsp3) is 0.632. The molecule has 8 nitrogen and oxygen atoms in total. The molecular weight excluding hydrogens is 350 g/mol. The lowest BCUT2D eigenvalue weighted by Gasteiger charge is -2.36. The average molecular weight is 379 g/mol. The zero-order valence-electron chi connectivity index (χ0n) is 16.6. The number of rotatable bonds is 6. The Morgan fingerprint density at radius 2 is 1.89 bits per heavy atom. The van der Waals surface area contributed by atoms with Crippen molar-refractivity contribution in [1.29, 1.82) is 0 Å². The van der Waals surface area contributed by atoms with Crippen LogP contribution in [0.5, 0.6) is 0 Å². The molecule has 2 heterocycles. The molecule has 1 amide bonds. The van der Waals surface area contributed by atoms with E-state index in [0.29, 0.717) is 32.8 Å². The Bertz CT molecular complexity index is 636. The molecule has 0 saturated carbocycles. The summed E-state index contributed by atoms with van der Waals surface area (Å²) in [5, 5.41) is 0. The number of aromatic nitrogens is 1. The Morgan fingerprint density at radius 1 is 1.19 bits per heavy atom. The van der Waals surface area contributed by atoms with Crippen LogP contribution in [0.3, 0.4) is 0 Å². The SMILES string of the molecule is CCOC(=O)COCc1cccnc1N1CCN(C(=O)OC(C)(C)C)CC1. The van der Waals surface area contributed by atoms with E-state index in [4.69, 9.17) is 14.2 Å². The van der Waals surface area contributed by atoms with Crippen molar-refractivity contribution in [2.75, 3.05) is 44.3 Å². The lowest BCUT2D eigenvalue weighted by molar-refractivity contribution is -0.148. The van der Waals surface area contributed by atoms with Crippen molar-refractivity contribution >= 4 is 17.9 Å². The van der Waals surface area contributed by atoms with Gasteiger partial charge in [-0.2, -0.15) is 0 Å². The number of ether oxygens (including phenoxy) is 3. The summed E-state index contributed by atoms with van der Waals surface area (Å²) in [5.74, 6) is 0.430. The van der Waals surface area contributed by atoms with Gasteiger partial charge >= 0.3 is 12.1 Å².